The highest BCUT2D eigenvalue weighted by molar-refractivity contribution is 5.96. The van der Waals surface area contributed by atoms with Crippen molar-refractivity contribution in [2.75, 3.05) is 53.7 Å². The Morgan fingerprint density at radius 1 is 1.24 bits per heavy atom. The van der Waals surface area contributed by atoms with Gasteiger partial charge in [-0.25, -0.2) is 0 Å². The highest BCUT2D eigenvalue weighted by atomic mass is 16.5. The Morgan fingerprint density at radius 3 is 2.68 bits per heavy atom. The first kappa shape index (κ1) is 28.6. The number of methoxy groups -OCH3 is 2. The van der Waals surface area contributed by atoms with Gasteiger partial charge in [0.1, 0.15) is 18.5 Å². The maximum absolute atomic E-state index is 13.3. The minimum atomic E-state index is -1.19. The van der Waals surface area contributed by atoms with E-state index >= 15 is 0 Å². The Labute approximate surface area is 216 Å². The Kier molecular flexibility index (Phi) is 10.4. The number of ether oxygens (including phenoxy) is 4. The number of aliphatic hydroxyl groups excluding tert-OH is 2. The highest BCUT2D eigenvalue weighted by Gasteiger charge is 2.51. The van der Waals surface area contributed by atoms with Gasteiger partial charge in [-0.05, 0) is 31.6 Å². The number of aliphatic hydroxyl groups is 2. The zero-order chi connectivity index (χ0) is 26.9. The van der Waals surface area contributed by atoms with Gasteiger partial charge in [0.2, 0.25) is 11.8 Å². The molecule has 11 nitrogen and oxygen atoms in total. The van der Waals surface area contributed by atoms with Crippen LogP contribution in [-0.4, -0.2) is 105 Å². The molecule has 11 heteroatoms. The van der Waals surface area contributed by atoms with Crippen LogP contribution in [0.5, 0.6) is 11.5 Å². The zero-order valence-electron chi connectivity index (χ0n) is 21.5. The van der Waals surface area contributed by atoms with Crippen LogP contribution in [0.3, 0.4) is 0 Å². The fourth-order valence-electron chi connectivity index (χ4n) is 4.81. The number of nitrogens with one attached hydrogen (secondary N) is 1. The van der Waals surface area contributed by atoms with E-state index in [1.165, 1.54) is 25.2 Å². The summed E-state index contributed by atoms with van der Waals surface area (Å²) in [5.74, 6) is -0.794. The predicted molar refractivity (Wildman–Crippen MR) is 133 cm³/mol. The molecular formula is C26H36N2O9. The van der Waals surface area contributed by atoms with Crippen LogP contribution in [-0.2, 0) is 19.1 Å². The van der Waals surface area contributed by atoms with Gasteiger partial charge in [-0.3, -0.25) is 14.4 Å². The minimum Gasteiger partial charge on any atom is -0.493 e. The number of aldehydes is 1. The Morgan fingerprint density at radius 2 is 2.03 bits per heavy atom. The second-order valence-corrected chi connectivity index (χ2v) is 8.78. The second kappa shape index (κ2) is 13.5. The van der Waals surface area contributed by atoms with E-state index in [0.29, 0.717) is 48.5 Å². The summed E-state index contributed by atoms with van der Waals surface area (Å²) in [6.07, 6.45) is 0.779. The number of carbonyl (C=O) groups is 3. The van der Waals surface area contributed by atoms with Crippen molar-refractivity contribution >= 4 is 18.1 Å². The number of fused-ring (bicyclic) bond motifs is 3. The van der Waals surface area contributed by atoms with Gasteiger partial charge in [-0.1, -0.05) is 0 Å². The van der Waals surface area contributed by atoms with E-state index in [0.717, 1.165) is 0 Å². The van der Waals surface area contributed by atoms with E-state index in [2.05, 4.69) is 5.32 Å². The van der Waals surface area contributed by atoms with Crippen molar-refractivity contribution in [2.24, 2.45) is 0 Å². The molecule has 3 rings (SSSR count). The van der Waals surface area contributed by atoms with Crippen LogP contribution in [0.2, 0.25) is 0 Å². The van der Waals surface area contributed by atoms with Crippen LogP contribution < -0.4 is 14.8 Å². The molecular weight excluding hydrogens is 484 g/mol. The number of rotatable bonds is 14. The molecule has 2 aliphatic rings. The van der Waals surface area contributed by atoms with Gasteiger partial charge in [0.05, 0.1) is 38.7 Å². The van der Waals surface area contributed by atoms with Crippen molar-refractivity contribution < 1.29 is 43.5 Å². The molecule has 0 spiro atoms. The minimum absolute atomic E-state index is 0.0248. The topological polar surface area (TPSA) is 144 Å². The third-order valence-electron chi connectivity index (χ3n) is 6.50. The highest BCUT2D eigenvalue weighted by Crippen LogP contribution is 2.51. The van der Waals surface area contributed by atoms with Gasteiger partial charge in [0.25, 0.3) is 0 Å². The molecule has 1 aliphatic heterocycles. The van der Waals surface area contributed by atoms with Crippen molar-refractivity contribution in [1.29, 1.82) is 0 Å². The van der Waals surface area contributed by atoms with Gasteiger partial charge < -0.3 is 39.4 Å². The van der Waals surface area contributed by atoms with Gasteiger partial charge in [-0.2, -0.15) is 0 Å². The molecule has 2 amide bonds. The first-order valence-corrected chi connectivity index (χ1v) is 12.4. The third kappa shape index (κ3) is 6.30. The number of amides is 2. The van der Waals surface area contributed by atoms with E-state index in [4.69, 9.17) is 18.9 Å². The maximum atomic E-state index is 13.3. The van der Waals surface area contributed by atoms with Gasteiger partial charge in [0.15, 0.2) is 11.5 Å². The fraction of sp³-hybridized carbons (Fsp3) is 0.577. The summed E-state index contributed by atoms with van der Waals surface area (Å²) >= 11 is 0. The summed E-state index contributed by atoms with van der Waals surface area (Å²) in [6, 6.07) is 2.27. The largest absolute Gasteiger partial charge is 0.493 e. The van der Waals surface area contributed by atoms with Crippen molar-refractivity contribution in [3.63, 3.8) is 0 Å². The van der Waals surface area contributed by atoms with Crippen molar-refractivity contribution in [1.82, 2.24) is 10.2 Å². The second-order valence-electron chi connectivity index (χ2n) is 8.78. The molecule has 0 bridgehead atoms. The Balaban J connectivity index is 2.06. The van der Waals surface area contributed by atoms with Crippen LogP contribution in [0.15, 0.2) is 23.8 Å². The van der Waals surface area contributed by atoms with Crippen LogP contribution in [0.1, 0.15) is 41.6 Å². The summed E-state index contributed by atoms with van der Waals surface area (Å²) < 4.78 is 22.1. The van der Waals surface area contributed by atoms with Gasteiger partial charge in [0, 0.05) is 50.1 Å². The van der Waals surface area contributed by atoms with E-state index < -0.39 is 30.1 Å². The van der Waals surface area contributed by atoms with Crippen LogP contribution >= 0.6 is 0 Å². The van der Waals surface area contributed by atoms with Crippen LogP contribution in [0.4, 0.5) is 0 Å². The number of carbonyl (C=O) groups excluding carboxylic acids is 3. The van der Waals surface area contributed by atoms with Crippen LogP contribution in [0.25, 0.3) is 0 Å². The molecule has 0 fully saturated rings. The Bertz CT molecular complexity index is 997. The lowest BCUT2D eigenvalue weighted by Crippen LogP contribution is -2.56. The van der Waals surface area contributed by atoms with Crippen molar-refractivity contribution in [3.05, 3.63) is 34.9 Å². The smallest absolute Gasteiger partial charge is 0.247 e. The average molecular weight is 521 g/mol. The van der Waals surface area contributed by atoms with E-state index in [-0.39, 0.29) is 44.2 Å². The lowest BCUT2D eigenvalue weighted by Gasteiger charge is -2.40. The van der Waals surface area contributed by atoms with Gasteiger partial charge in [-0.15, -0.1) is 0 Å². The SMILES string of the molecule is CCOCCCN(C(=O)CCOC)C1C=C(C(=O)NCCO)C2c3cc(C=O)cc(OC)c3OC2C1O. The number of nitrogens with zero attached hydrogens (tertiary/aromatic N) is 1. The summed E-state index contributed by atoms with van der Waals surface area (Å²) in [4.78, 5) is 39.5. The maximum Gasteiger partial charge on any atom is 0.247 e. The quantitative estimate of drug-likeness (QED) is 0.235. The average Bonchev–Trinajstić information content (AvgIpc) is 3.30. The van der Waals surface area contributed by atoms with Crippen molar-refractivity contribution in [2.45, 2.75) is 43.9 Å². The molecule has 4 atom stereocenters. The van der Waals surface area contributed by atoms with E-state index in [9.17, 15) is 24.6 Å². The fourth-order valence-corrected chi connectivity index (χ4v) is 4.81. The number of benzene rings is 1. The molecule has 3 N–H and O–H groups in total. The first-order valence-electron chi connectivity index (χ1n) is 12.4. The molecule has 1 aliphatic carbocycles. The lowest BCUT2D eigenvalue weighted by atomic mass is 9.77. The molecule has 0 radical (unpaired) electrons. The summed E-state index contributed by atoms with van der Waals surface area (Å²) in [6.45, 7) is 3.11. The number of hydrogen-bond donors (Lipinski definition) is 3. The lowest BCUT2D eigenvalue weighted by molar-refractivity contribution is -0.138. The standard InChI is InChI=1S/C26H36N2O9/c1-4-36-10-5-8-28(21(31)6-11-34-2)19-14-18(26(33)27-7-9-29)22-17-12-16(15-30)13-20(35-3)24(17)37-25(22)23(19)32/h12-15,19,22-23,25,29,32H,4-11H2,1-3H3,(H,27,33). The van der Waals surface area contributed by atoms with E-state index in [1.54, 1.807) is 12.1 Å². The number of hydrogen-bond acceptors (Lipinski definition) is 9. The molecule has 0 aromatic heterocycles. The molecule has 1 aromatic rings. The van der Waals surface area contributed by atoms with E-state index in [1.807, 2.05) is 6.92 Å². The van der Waals surface area contributed by atoms with Gasteiger partial charge >= 0.3 is 0 Å². The monoisotopic (exact) mass is 520 g/mol. The first-order chi connectivity index (χ1) is 17.9. The normalized spacial score (nSPS) is 21.8. The molecule has 1 heterocycles. The molecule has 204 valence electrons. The molecule has 0 saturated heterocycles. The summed E-state index contributed by atoms with van der Waals surface area (Å²) in [7, 11) is 2.94. The molecule has 1 aromatic carbocycles. The Hall–Kier alpha value is -2.99. The third-order valence-corrected chi connectivity index (χ3v) is 6.50. The molecule has 4 unspecified atom stereocenters. The van der Waals surface area contributed by atoms with Crippen molar-refractivity contribution in [3.8, 4) is 11.5 Å². The summed E-state index contributed by atoms with van der Waals surface area (Å²) in [5.41, 5.74) is 1.13. The molecule has 37 heavy (non-hydrogen) atoms. The molecule has 0 saturated carbocycles. The van der Waals surface area contributed by atoms with Crippen LogP contribution in [0, 0.1) is 0 Å². The predicted octanol–water partition coefficient (Wildman–Crippen LogP) is 0.422. The zero-order valence-corrected chi connectivity index (χ0v) is 21.5. The summed E-state index contributed by atoms with van der Waals surface area (Å²) in [5, 5.41) is 23.4.